The fourth-order valence-corrected chi connectivity index (χ4v) is 2.81. The predicted molar refractivity (Wildman–Crippen MR) is 79.7 cm³/mol. The van der Waals surface area contributed by atoms with Crippen LogP contribution in [-0.2, 0) is 0 Å². The Balaban J connectivity index is 1.95. The quantitative estimate of drug-likeness (QED) is 0.887. The first-order valence-corrected chi connectivity index (χ1v) is 7.38. The lowest BCUT2D eigenvalue weighted by molar-refractivity contribution is 0.0950. The number of nitrogens with zero attached hydrogens (tertiary/aromatic N) is 2. The maximum absolute atomic E-state index is 11.6. The molecule has 1 atom stereocenters. The number of hydrogen-bond acceptors (Lipinski definition) is 4. The summed E-state index contributed by atoms with van der Waals surface area (Å²) in [5, 5.41) is 14.2. The SMILES string of the molecule is CCNC(=O)c1ccc(NC2CCCC(C)(C)C2)nn1. The molecule has 20 heavy (non-hydrogen) atoms. The lowest BCUT2D eigenvalue weighted by Crippen LogP contribution is -2.32. The molecule has 1 fully saturated rings. The van der Waals surface area contributed by atoms with Gasteiger partial charge in [0.25, 0.3) is 5.91 Å². The Kier molecular flexibility index (Phi) is 4.57. The molecule has 1 amide bonds. The van der Waals surface area contributed by atoms with Crippen molar-refractivity contribution in [2.45, 2.75) is 52.5 Å². The molecular formula is C15H24N4O. The summed E-state index contributed by atoms with van der Waals surface area (Å²) in [4.78, 5) is 11.6. The van der Waals surface area contributed by atoms with E-state index in [9.17, 15) is 4.79 Å². The zero-order valence-electron chi connectivity index (χ0n) is 12.6. The molecule has 1 aromatic heterocycles. The van der Waals surface area contributed by atoms with Gasteiger partial charge in [-0.15, -0.1) is 10.2 Å². The van der Waals surface area contributed by atoms with Crippen molar-refractivity contribution in [2.75, 3.05) is 11.9 Å². The number of carbonyl (C=O) groups is 1. The summed E-state index contributed by atoms with van der Waals surface area (Å²) in [5.74, 6) is 0.575. The highest BCUT2D eigenvalue weighted by atomic mass is 16.1. The second kappa shape index (κ2) is 6.20. The van der Waals surface area contributed by atoms with Crippen LogP contribution in [0.15, 0.2) is 12.1 Å². The van der Waals surface area contributed by atoms with Gasteiger partial charge < -0.3 is 10.6 Å². The summed E-state index contributed by atoms with van der Waals surface area (Å²) < 4.78 is 0. The van der Waals surface area contributed by atoms with Crippen molar-refractivity contribution in [3.63, 3.8) is 0 Å². The normalized spacial score (nSPS) is 21.2. The number of carbonyl (C=O) groups excluding carboxylic acids is 1. The van der Waals surface area contributed by atoms with Crippen LogP contribution in [-0.4, -0.2) is 28.7 Å². The standard InChI is InChI=1S/C15H24N4O/c1-4-16-14(20)12-7-8-13(19-18-12)17-11-6-5-9-15(2,3)10-11/h7-8,11H,4-6,9-10H2,1-3H3,(H,16,20)(H,17,19). The largest absolute Gasteiger partial charge is 0.366 e. The third-order valence-electron chi connectivity index (χ3n) is 3.79. The molecule has 1 heterocycles. The zero-order chi connectivity index (χ0) is 14.6. The summed E-state index contributed by atoms with van der Waals surface area (Å²) in [6, 6.07) is 4.00. The van der Waals surface area contributed by atoms with Crippen molar-refractivity contribution in [1.82, 2.24) is 15.5 Å². The summed E-state index contributed by atoms with van der Waals surface area (Å²) >= 11 is 0. The van der Waals surface area contributed by atoms with Crippen LogP contribution in [0.2, 0.25) is 0 Å². The van der Waals surface area contributed by atoms with Gasteiger partial charge in [-0.25, -0.2) is 0 Å². The van der Waals surface area contributed by atoms with E-state index in [1.54, 1.807) is 6.07 Å². The smallest absolute Gasteiger partial charge is 0.271 e. The van der Waals surface area contributed by atoms with E-state index in [2.05, 4.69) is 34.7 Å². The first-order chi connectivity index (χ1) is 9.50. The Bertz CT molecular complexity index is 455. The van der Waals surface area contributed by atoms with Crippen LogP contribution in [0.5, 0.6) is 0 Å². The van der Waals surface area contributed by atoms with Crippen molar-refractivity contribution < 1.29 is 4.79 Å². The Labute approximate surface area is 120 Å². The van der Waals surface area contributed by atoms with Crippen molar-refractivity contribution in [3.8, 4) is 0 Å². The van der Waals surface area contributed by atoms with Gasteiger partial charge in [-0.3, -0.25) is 4.79 Å². The molecule has 0 aromatic carbocycles. The van der Waals surface area contributed by atoms with E-state index in [4.69, 9.17) is 0 Å². The van der Waals surface area contributed by atoms with Crippen LogP contribution in [0.3, 0.4) is 0 Å². The number of aromatic nitrogens is 2. The molecular weight excluding hydrogens is 252 g/mol. The summed E-state index contributed by atoms with van der Waals surface area (Å²) in [7, 11) is 0. The molecule has 0 radical (unpaired) electrons. The maximum atomic E-state index is 11.6. The minimum atomic E-state index is -0.176. The molecule has 0 aliphatic heterocycles. The Morgan fingerprint density at radius 3 is 2.80 bits per heavy atom. The molecule has 5 nitrogen and oxygen atoms in total. The van der Waals surface area contributed by atoms with E-state index in [-0.39, 0.29) is 5.91 Å². The van der Waals surface area contributed by atoms with Crippen molar-refractivity contribution in [2.24, 2.45) is 5.41 Å². The van der Waals surface area contributed by atoms with Crippen LogP contribution < -0.4 is 10.6 Å². The first-order valence-electron chi connectivity index (χ1n) is 7.38. The monoisotopic (exact) mass is 276 g/mol. The third kappa shape index (κ3) is 3.92. The topological polar surface area (TPSA) is 66.9 Å². The van der Waals surface area contributed by atoms with Crippen LogP contribution >= 0.6 is 0 Å². The van der Waals surface area contributed by atoms with Gasteiger partial charge in [-0.1, -0.05) is 20.3 Å². The van der Waals surface area contributed by atoms with Crippen LogP contribution in [0.4, 0.5) is 5.82 Å². The number of rotatable bonds is 4. The molecule has 0 bridgehead atoms. The van der Waals surface area contributed by atoms with Gasteiger partial charge in [0.15, 0.2) is 5.69 Å². The third-order valence-corrected chi connectivity index (χ3v) is 3.79. The molecule has 1 aliphatic rings. The average Bonchev–Trinajstić information content (AvgIpc) is 2.38. The molecule has 1 aliphatic carbocycles. The molecule has 1 saturated carbocycles. The van der Waals surface area contributed by atoms with E-state index in [1.807, 2.05) is 13.0 Å². The van der Waals surface area contributed by atoms with Crippen LogP contribution in [0.25, 0.3) is 0 Å². The van der Waals surface area contributed by atoms with Gasteiger partial charge in [0.05, 0.1) is 0 Å². The van der Waals surface area contributed by atoms with E-state index in [0.29, 0.717) is 23.7 Å². The predicted octanol–water partition coefficient (Wildman–Crippen LogP) is 2.61. The molecule has 1 aromatic rings. The number of hydrogen-bond donors (Lipinski definition) is 2. The first kappa shape index (κ1) is 14.8. The fraction of sp³-hybridized carbons (Fsp3) is 0.667. The Morgan fingerprint density at radius 1 is 1.40 bits per heavy atom. The Hall–Kier alpha value is -1.65. The molecule has 5 heteroatoms. The minimum absolute atomic E-state index is 0.176. The highest BCUT2D eigenvalue weighted by Gasteiger charge is 2.28. The van der Waals surface area contributed by atoms with E-state index < -0.39 is 0 Å². The molecule has 110 valence electrons. The highest BCUT2D eigenvalue weighted by molar-refractivity contribution is 5.92. The van der Waals surface area contributed by atoms with E-state index in [0.717, 1.165) is 12.2 Å². The van der Waals surface area contributed by atoms with Gasteiger partial charge >= 0.3 is 0 Å². The van der Waals surface area contributed by atoms with E-state index >= 15 is 0 Å². The van der Waals surface area contributed by atoms with Crippen LogP contribution in [0.1, 0.15) is 56.9 Å². The summed E-state index contributed by atoms with van der Waals surface area (Å²) in [5.41, 5.74) is 0.756. The average molecular weight is 276 g/mol. The van der Waals surface area contributed by atoms with Crippen LogP contribution in [0, 0.1) is 5.41 Å². The van der Waals surface area contributed by atoms with Crippen molar-refractivity contribution in [3.05, 3.63) is 17.8 Å². The molecule has 1 unspecified atom stereocenters. The molecule has 0 spiro atoms. The number of amides is 1. The molecule has 0 saturated heterocycles. The lowest BCUT2D eigenvalue weighted by Gasteiger charge is -2.35. The molecule has 2 rings (SSSR count). The summed E-state index contributed by atoms with van der Waals surface area (Å²) in [6.07, 6.45) is 4.85. The lowest BCUT2D eigenvalue weighted by atomic mass is 9.75. The highest BCUT2D eigenvalue weighted by Crippen LogP contribution is 2.36. The summed E-state index contributed by atoms with van der Waals surface area (Å²) in [6.45, 7) is 7.10. The zero-order valence-corrected chi connectivity index (χ0v) is 12.6. The van der Waals surface area contributed by atoms with Gasteiger partial charge in [0.2, 0.25) is 0 Å². The second-order valence-corrected chi connectivity index (χ2v) is 6.27. The van der Waals surface area contributed by atoms with Gasteiger partial charge in [-0.05, 0) is 43.7 Å². The van der Waals surface area contributed by atoms with Gasteiger partial charge in [0.1, 0.15) is 5.82 Å². The van der Waals surface area contributed by atoms with E-state index in [1.165, 1.54) is 19.3 Å². The fourth-order valence-electron chi connectivity index (χ4n) is 2.81. The number of anilines is 1. The number of nitrogens with one attached hydrogen (secondary N) is 2. The van der Waals surface area contributed by atoms with Gasteiger partial charge in [-0.2, -0.15) is 0 Å². The Morgan fingerprint density at radius 2 is 2.20 bits per heavy atom. The second-order valence-electron chi connectivity index (χ2n) is 6.27. The van der Waals surface area contributed by atoms with Crippen molar-refractivity contribution >= 4 is 11.7 Å². The van der Waals surface area contributed by atoms with Crippen molar-refractivity contribution in [1.29, 1.82) is 0 Å². The molecule has 2 N–H and O–H groups in total. The maximum Gasteiger partial charge on any atom is 0.271 e. The minimum Gasteiger partial charge on any atom is -0.366 e. The van der Waals surface area contributed by atoms with Gasteiger partial charge in [0, 0.05) is 12.6 Å².